The Kier molecular flexibility index (Phi) is 16.2. The standard InChI is InChI=1S/C58H72P2/c1-11-42-30-43(12-2)35-52(34-42)59(53-36-44(13-3)31-45(14-4)37-53)56(50-26-22-20-23-27-50)58(10,19-9)57(51-28-24-21-25-29-51)60(54-38-46(15-5)32-47(16-6)39-54)55-40-48(17-7)33-49(18-8)41-55/h20-41,56-57H,11-19H2,1-10H3. The monoisotopic (exact) mass is 831 g/mol. The highest BCUT2D eigenvalue weighted by molar-refractivity contribution is 7.74. The molecule has 0 radical (unpaired) electrons. The van der Waals surface area contributed by atoms with Crippen LogP contribution in [0.4, 0.5) is 0 Å². The Balaban J connectivity index is 1.79. The smallest absolute Gasteiger partial charge is 0.0185 e. The van der Waals surface area contributed by atoms with Crippen molar-refractivity contribution in [3.05, 3.63) is 189 Å². The fourth-order valence-corrected chi connectivity index (χ4v) is 16.6. The fraction of sp³-hybridized carbons (Fsp3) is 0.379. The summed E-state index contributed by atoms with van der Waals surface area (Å²) in [5, 5.41) is 6.12. The van der Waals surface area contributed by atoms with Gasteiger partial charge in [-0.2, -0.15) is 0 Å². The van der Waals surface area contributed by atoms with Crippen molar-refractivity contribution in [2.24, 2.45) is 5.41 Å². The maximum absolute atomic E-state index is 2.72. The molecule has 0 saturated carbocycles. The Morgan fingerprint density at radius 1 is 0.333 bits per heavy atom. The molecule has 2 atom stereocenters. The first kappa shape index (κ1) is 45.7. The van der Waals surface area contributed by atoms with Crippen LogP contribution in [0, 0.1) is 5.41 Å². The number of benzene rings is 6. The van der Waals surface area contributed by atoms with Gasteiger partial charge in [-0.3, -0.25) is 0 Å². The minimum atomic E-state index is -0.884. The van der Waals surface area contributed by atoms with E-state index in [1.54, 1.807) is 0 Å². The number of aryl methyl sites for hydroxylation is 8. The predicted molar refractivity (Wildman–Crippen MR) is 270 cm³/mol. The molecular weight excluding hydrogens is 759 g/mol. The van der Waals surface area contributed by atoms with Gasteiger partial charge in [0.1, 0.15) is 0 Å². The normalized spacial score (nSPS) is 13.7. The third-order valence-electron chi connectivity index (χ3n) is 13.3. The second-order valence-corrected chi connectivity index (χ2v) is 21.7. The van der Waals surface area contributed by atoms with Crippen molar-refractivity contribution in [3.63, 3.8) is 0 Å². The molecule has 0 bridgehead atoms. The van der Waals surface area contributed by atoms with E-state index >= 15 is 0 Å². The Hall–Kier alpha value is -3.82. The van der Waals surface area contributed by atoms with E-state index in [1.165, 1.54) is 76.9 Å². The van der Waals surface area contributed by atoms with Crippen LogP contribution in [0.15, 0.2) is 133 Å². The van der Waals surface area contributed by atoms with E-state index in [9.17, 15) is 0 Å². The van der Waals surface area contributed by atoms with Crippen LogP contribution in [-0.4, -0.2) is 0 Å². The van der Waals surface area contributed by atoms with E-state index in [-0.39, 0.29) is 16.7 Å². The summed E-state index contributed by atoms with van der Waals surface area (Å²) in [6.07, 6.45) is 9.38. The second kappa shape index (κ2) is 21.3. The van der Waals surface area contributed by atoms with Crippen LogP contribution in [-0.2, 0) is 51.4 Å². The summed E-state index contributed by atoms with van der Waals surface area (Å²) >= 11 is 0. The lowest BCUT2D eigenvalue weighted by Crippen LogP contribution is -2.37. The second-order valence-electron chi connectivity index (χ2n) is 17.1. The summed E-state index contributed by atoms with van der Waals surface area (Å²) in [5.41, 5.74) is 14.9. The van der Waals surface area contributed by atoms with Crippen molar-refractivity contribution in [2.75, 3.05) is 0 Å². The minimum Gasteiger partial charge on any atom is -0.0648 e. The SMILES string of the molecule is CCc1cc(CC)cc(P(c2cc(CC)cc(CC)c2)C(c2ccccc2)C(C)(CC)C(c2ccccc2)P(c2cc(CC)cc(CC)c2)c2cc(CC)cc(CC)c2)c1. The van der Waals surface area contributed by atoms with Gasteiger partial charge in [-0.25, -0.2) is 0 Å². The summed E-state index contributed by atoms with van der Waals surface area (Å²) in [6.45, 7) is 23.9. The molecule has 2 unspecified atom stereocenters. The van der Waals surface area contributed by atoms with E-state index < -0.39 is 15.8 Å². The minimum absolute atomic E-state index is 0.160. The van der Waals surface area contributed by atoms with Gasteiger partial charge in [0.2, 0.25) is 0 Å². The average Bonchev–Trinajstić information content (AvgIpc) is 3.31. The van der Waals surface area contributed by atoms with Gasteiger partial charge in [0.25, 0.3) is 0 Å². The molecule has 0 aliphatic heterocycles. The van der Waals surface area contributed by atoms with Gasteiger partial charge in [0.05, 0.1) is 0 Å². The lowest BCUT2D eigenvalue weighted by molar-refractivity contribution is 0.286. The molecule has 6 rings (SSSR count). The molecule has 0 aliphatic rings. The van der Waals surface area contributed by atoms with Crippen molar-refractivity contribution in [1.29, 1.82) is 0 Å². The van der Waals surface area contributed by atoms with Crippen LogP contribution in [0.3, 0.4) is 0 Å². The summed E-state index contributed by atoms with van der Waals surface area (Å²) < 4.78 is 0. The molecule has 6 aromatic carbocycles. The van der Waals surface area contributed by atoms with E-state index in [4.69, 9.17) is 0 Å². The zero-order valence-electron chi connectivity index (χ0n) is 38.6. The van der Waals surface area contributed by atoms with Crippen LogP contribution in [0.2, 0.25) is 0 Å². The maximum Gasteiger partial charge on any atom is 0.0185 e. The largest absolute Gasteiger partial charge is 0.0648 e. The van der Waals surface area contributed by atoms with E-state index in [0.717, 1.165) is 57.8 Å². The molecule has 60 heavy (non-hydrogen) atoms. The molecule has 0 nitrogen and oxygen atoms in total. The third-order valence-corrected chi connectivity index (χ3v) is 19.4. The molecule has 0 saturated heterocycles. The number of hydrogen-bond donors (Lipinski definition) is 0. The van der Waals surface area contributed by atoms with Crippen LogP contribution >= 0.6 is 15.8 Å². The Labute approximate surface area is 368 Å². The van der Waals surface area contributed by atoms with Gasteiger partial charge >= 0.3 is 0 Å². The van der Waals surface area contributed by atoms with E-state index in [1.807, 2.05) is 0 Å². The van der Waals surface area contributed by atoms with E-state index in [2.05, 4.69) is 203 Å². The first-order chi connectivity index (χ1) is 29.2. The van der Waals surface area contributed by atoms with Crippen molar-refractivity contribution < 1.29 is 0 Å². The van der Waals surface area contributed by atoms with Gasteiger partial charge < -0.3 is 0 Å². The summed E-state index contributed by atoms with van der Waals surface area (Å²) in [7, 11) is -1.77. The van der Waals surface area contributed by atoms with Crippen LogP contribution in [0.1, 0.15) is 143 Å². The summed E-state index contributed by atoms with van der Waals surface area (Å²) in [6, 6.07) is 54.3. The van der Waals surface area contributed by atoms with E-state index in [0.29, 0.717) is 0 Å². The molecular formula is C58H72P2. The zero-order valence-corrected chi connectivity index (χ0v) is 40.4. The number of rotatable bonds is 19. The topological polar surface area (TPSA) is 0 Å². The quantitative estimate of drug-likeness (QED) is 0.0714. The highest BCUT2D eigenvalue weighted by Gasteiger charge is 2.49. The lowest BCUT2D eigenvalue weighted by atomic mass is 9.75. The van der Waals surface area contributed by atoms with Crippen molar-refractivity contribution >= 4 is 37.1 Å². The van der Waals surface area contributed by atoms with Gasteiger partial charge in [-0.15, -0.1) is 0 Å². The Morgan fingerprint density at radius 3 is 0.733 bits per heavy atom. The summed E-state index contributed by atoms with van der Waals surface area (Å²) in [5.74, 6) is 0. The zero-order chi connectivity index (χ0) is 42.8. The predicted octanol–water partition coefficient (Wildman–Crippen LogP) is 14.7. The molecule has 6 aromatic rings. The molecule has 2 heteroatoms. The molecule has 0 aromatic heterocycles. The molecule has 0 amide bonds. The first-order valence-corrected chi connectivity index (χ1v) is 26.2. The highest BCUT2D eigenvalue weighted by Crippen LogP contribution is 2.70. The van der Waals surface area contributed by atoms with Gasteiger partial charge in [-0.05, 0) is 156 Å². The van der Waals surface area contributed by atoms with Gasteiger partial charge in [-0.1, -0.05) is 203 Å². The van der Waals surface area contributed by atoms with Crippen LogP contribution in [0.5, 0.6) is 0 Å². The highest BCUT2D eigenvalue weighted by atomic mass is 31.1. The lowest BCUT2D eigenvalue weighted by Gasteiger charge is -2.51. The average molecular weight is 831 g/mol. The fourth-order valence-electron chi connectivity index (χ4n) is 9.51. The van der Waals surface area contributed by atoms with Crippen molar-refractivity contribution in [1.82, 2.24) is 0 Å². The Bertz CT molecular complexity index is 1930. The van der Waals surface area contributed by atoms with Crippen LogP contribution in [0.25, 0.3) is 0 Å². The van der Waals surface area contributed by atoms with Crippen LogP contribution < -0.4 is 21.2 Å². The van der Waals surface area contributed by atoms with Gasteiger partial charge in [0.15, 0.2) is 0 Å². The van der Waals surface area contributed by atoms with Gasteiger partial charge in [0, 0.05) is 11.3 Å². The molecule has 0 heterocycles. The maximum atomic E-state index is 2.72. The first-order valence-electron chi connectivity index (χ1n) is 23.4. The third kappa shape index (κ3) is 10.1. The molecule has 314 valence electrons. The molecule has 0 spiro atoms. The number of hydrogen-bond acceptors (Lipinski definition) is 0. The Morgan fingerprint density at radius 2 is 0.550 bits per heavy atom. The van der Waals surface area contributed by atoms with Crippen molar-refractivity contribution in [3.8, 4) is 0 Å². The van der Waals surface area contributed by atoms with Crippen molar-refractivity contribution in [2.45, 2.75) is 138 Å². The molecule has 0 aliphatic carbocycles. The molecule has 0 fully saturated rings. The summed E-state index contributed by atoms with van der Waals surface area (Å²) in [4.78, 5) is 0. The molecule has 0 N–H and O–H groups in total.